The van der Waals surface area contributed by atoms with Gasteiger partial charge in [-0.15, -0.1) is 10.2 Å². The van der Waals surface area contributed by atoms with Gasteiger partial charge >= 0.3 is 6.18 Å². The molecule has 1 atom stereocenters. The van der Waals surface area contributed by atoms with Crippen molar-refractivity contribution in [3.05, 3.63) is 59.8 Å². The number of fused-ring (bicyclic) bond motifs is 1. The number of likely N-dealkylation sites (tertiary alicyclic amines) is 1. The van der Waals surface area contributed by atoms with Crippen molar-refractivity contribution >= 4 is 23.3 Å². The van der Waals surface area contributed by atoms with Crippen molar-refractivity contribution in [1.82, 2.24) is 19.5 Å². The number of thioether (sulfide) groups is 1. The van der Waals surface area contributed by atoms with Gasteiger partial charge in [-0.3, -0.25) is 9.20 Å². The lowest BCUT2D eigenvalue weighted by Gasteiger charge is -2.33. The Labute approximate surface area is 182 Å². The zero-order chi connectivity index (χ0) is 22.0. The fourth-order valence-electron chi connectivity index (χ4n) is 3.89. The van der Waals surface area contributed by atoms with E-state index in [1.54, 1.807) is 6.92 Å². The van der Waals surface area contributed by atoms with Crippen LogP contribution in [0.1, 0.15) is 30.9 Å². The van der Waals surface area contributed by atoms with Gasteiger partial charge in [-0.2, -0.15) is 13.2 Å². The second kappa shape index (κ2) is 8.90. The molecule has 1 aliphatic heterocycles. The van der Waals surface area contributed by atoms with Crippen molar-refractivity contribution in [2.45, 2.75) is 42.8 Å². The number of aromatic nitrogens is 3. The Morgan fingerprint density at radius 3 is 2.52 bits per heavy atom. The van der Waals surface area contributed by atoms with Crippen molar-refractivity contribution in [3.8, 4) is 0 Å². The minimum atomic E-state index is -4.45. The Kier molecular flexibility index (Phi) is 6.22. The Bertz CT molecular complexity index is 1050. The highest BCUT2D eigenvalue weighted by Crippen LogP contribution is 2.31. The van der Waals surface area contributed by atoms with E-state index in [-0.39, 0.29) is 11.1 Å². The number of nitrogens with zero attached hydrogens (tertiary/aromatic N) is 4. The van der Waals surface area contributed by atoms with Crippen LogP contribution in [-0.2, 0) is 17.4 Å². The van der Waals surface area contributed by atoms with Gasteiger partial charge in [-0.25, -0.2) is 0 Å². The molecule has 3 heterocycles. The Hall–Kier alpha value is -2.55. The molecule has 0 bridgehead atoms. The van der Waals surface area contributed by atoms with Crippen LogP contribution in [0.25, 0.3) is 5.65 Å². The quantitative estimate of drug-likeness (QED) is 0.531. The topological polar surface area (TPSA) is 50.5 Å². The molecule has 1 saturated heterocycles. The minimum Gasteiger partial charge on any atom is -0.342 e. The number of benzene rings is 1. The predicted molar refractivity (Wildman–Crippen MR) is 113 cm³/mol. The molecule has 4 rings (SSSR count). The predicted octanol–water partition coefficient (Wildman–Crippen LogP) is 4.71. The van der Waals surface area contributed by atoms with Crippen LogP contribution in [0.4, 0.5) is 13.2 Å². The standard InChI is InChI=1S/C22H23F3N4OS/c1-15(31-21-27-26-19-8-7-18(14-29(19)21)22(23,24)25)20(30)28-11-9-17(10-12-28)13-16-5-3-2-4-6-16/h2-8,14-15,17H,9-13H2,1H3. The maximum absolute atomic E-state index is 13.0. The third-order valence-electron chi connectivity index (χ3n) is 5.62. The van der Waals surface area contributed by atoms with Gasteiger partial charge in [0.15, 0.2) is 10.8 Å². The monoisotopic (exact) mass is 448 g/mol. The Morgan fingerprint density at radius 2 is 1.84 bits per heavy atom. The molecule has 31 heavy (non-hydrogen) atoms. The van der Waals surface area contributed by atoms with E-state index >= 15 is 0 Å². The molecule has 0 saturated carbocycles. The molecule has 1 amide bonds. The third kappa shape index (κ3) is 5.03. The van der Waals surface area contributed by atoms with E-state index in [0.29, 0.717) is 24.7 Å². The second-order valence-electron chi connectivity index (χ2n) is 7.84. The fraction of sp³-hybridized carbons (Fsp3) is 0.409. The van der Waals surface area contributed by atoms with E-state index in [4.69, 9.17) is 0 Å². The number of amides is 1. The first kappa shape index (κ1) is 21.7. The first-order valence-electron chi connectivity index (χ1n) is 10.2. The van der Waals surface area contributed by atoms with Crippen LogP contribution >= 0.6 is 11.8 Å². The average molecular weight is 449 g/mol. The average Bonchev–Trinajstić information content (AvgIpc) is 3.16. The number of hydrogen-bond acceptors (Lipinski definition) is 4. The molecule has 9 heteroatoms. The normalized spacial score (nSPS) is 16.6. The van der Waals surface area contributed by atoms with Gasteiger partial charge < -0.3 is 4.90 Å². The van der Waals surface area contributed by atoms with E-state index in [1.807, 2.05) is 23.1 Å². The maximum atomic E-state index is 13.0. The largest absolute Gasteiger partial charge is 0.417 e. The van der Waals surface area contributed by atoms with Crippen LogP contribution in [0.5, 0.6) is 0 Å². The van der Waals surface area contributed by atoms with Crippen LogP contribution in [0.15, 0.2) is 53.8 Å². The van der Waals surface area contributed by atoms with E-state index in [1.165, 1.54) is 16.0 Å². The number of rotatable bonds is 5. The molecule has 0 aliphatic carbocycles. The molecule has 2 aromatic heterocycles. The van der Waals surface area contributed by atoms with Crippen molar-refractivity contribution in [1.29, 1.82) is 0 Å². The lowest BCUT2D eigenvalue weighted by atomic mass is 9.90. The van der Waals surface area contributed by atoms with E-state index < -0.39 is 17.0 Å². The summed E-state index contributed by atoms with van der Waals surface area (Å²) < 4.78 is 40.4. The van der Waals surface area contributed by atoms with E-state index in [0.717, 1.165) is 43.3 Å². The molecule has 5 nitrogen and oxygen atoms in total. The van der Waals surface area contributed by atoms with Gasteiger partial charge in [0.1, 0.15) is 0 Å². The highest BCUT2D eigenvalue weighted by atomic mass is 32.2. The molecule has 0 spiro atoms. The summed E-state index contributed by atoms with van der Waals surface area (Å²) in [6.45, 7) is 3.15. The van der Waals surface area contributed by atoms with Crippen LogP contribution in [0.2, 0.25) is 0 Å². The van der Waals surface area contributed by atoms with Crippen LogP contribution < -0.4 is 0 Å². The maximum Gasteiger partial charge on any atom is 0.417 e. The summed E-state index contributed by atoms with van der Waals surface area (Å²) in [4.78, 5) is 14.8. The molecule has 1 aliphatic rings. The Morgan fingerprint density at radius 1 is 1.13 bits per heavy atom. The van der Waals surface area contributed by atoms with Gasteiger partial charge in [-0.05, 0) is 49.8 Å². The summed E-state index contributed by atoms with van der Waals surface area (Å²) in [5.41, 5.74) is 0.853. The summed E-state index contributed by atoms with van der Waals surface area (Å²) in [6, 6.07) is 12.6. The van der Waals surface area contributed by atoms with Crippen LogP contribution in [0, 0.1) is 5.92 Å². The van der Waals surface area contributed by atoms with Gasteiger partial charge in [0.25, 0.3) is 0 Å². The SMILES string of the molecule is CC(Sc1nnc2ccc(C(F)(F)F)cn12)C(=O)N1CCC(Cc2ccccc2)CC1. The molecule has 164 valence electrons. The zero-order valence-corrected chi connectivity index (χ0v) is 17.9. The van der Waals surface area contributed by atoms with Crippen molar-refractivity contribution < 1.29 is 18.0 Å². The molecule has 3 aromatic rings. The summed E-state index contributed by atoms with van der Waals surface area (Å²) in [7, 11) is 0. The Balaban J connectivity index is 1.37. The molecular weight excluding hydrogens is 425 g/mol. The number of alkyl halides is 3. The number of carbonyl (C=O) groups is 1. The molecule has 1 fully saturated rings. The fourth-order valence-corrected chi connectivity index (χ4v) is 4.80. The number of piperidine rings is 1. The number of halogens is 3. The van der Waals surface area contributed by atoms with Crippen LogP contribution in [-0.4, -0.2) is 43.7 Å². The van der Waals surface area contributed by atoms with Crippen molar-refractivity contribution in [2.75, 3.05) is 13.1 Å². The second-order valence-corrected chi connectivity index (χ2v) is 9.15. The van der Waals surface area contributed by atoms with Gasteiger partial charge in [-0.1, -0.05) is 42.1 Å². The molecular formula is C22H23F3N4OS. The summed E-state index contributed by atoms with van der Waals surface area (Å²) in [6.07, 6.45) is -0.571. The molecule has 0 radical (unpaired) electrons. The summed E-state index contributed by atoms with van der Waals surface area (Å²) >= 11 is 1.14. The van der Waals surface area contributed by atoms with E-state index in [9.17, 15) is 18.0 Å². The first-order valence-corrected chi connectivity index (χ1v) is 11.1. The smallest absolute Gasteiger partial charge is 0.342 e. The van der Waals surface area contributed by atoms with Crippen LogP contribution in [0.3, 0.4) is 0 Å². The van der Waals surface area contributed by atoms with Crippen molar-refractivity contribution in [3.63, 3.8) is 0 Å². The summed E-state index contributed by atoms with van der Waals surface area (Å²) in [5.74, 6) is 0.530. The zero-order valence-electron chi connectivity index (χ0n) is 17.0. The van der Waals surface area contributed by atoms with Gasteiger partial charge in [0.05, 0.1) is 10.8 Å². The molecule has 0 N–H and O–H groups in total. The third-order valence-corrected chi connectivity index (χ3v) is 6.67. The number of hydrogen-bond donors (Lipinski definition) is 0. The number of pyridine rings is 1. The van der Waals surface area contributed by atoms with Gasteiger partial charge in [0, 0.05) is 19.3 Å². The summed E-state index contributed by atoms with van der Waals surface area (Å²) in [5, 5.41) is 7.71. The van der Waals surface area contributed by atoms with E-state index in [2.05, 4.69) is 22.3 Å². The molecule has 1 aromatic carbocycles. The lowest BCUT2D eigenvalue weighted by Crippen LogP contribution is -2.42. The highest BCUT2D eigenvalue weighted by molar-refractivity contribution is 8.00. The lowest BCUT2D eigenvalue weighted by molar-refractivity contribution is -0.138. The number of carbonyl (C=O) groups excluding carboxylic acids is 1. The first-order chi connectivity index (χ1) is 14.8. The molecule has 1 unspecified atom stereocenters. The highest BCUT2D eigenvalue weighted by Gasteiger charge is 2.32. The minimum absolute atomic E-state index is 0.0214. The van der Waals surface area contributed by atoms with Crippen molar-refractivity contribution in [2.24, 2.45) is 5.92 Å². The van der Waals surface area contributed by atoms with Gasteiger partial charge in [0.2, 0.25) is 5.91 Å².